The molecule has 0 bridgehead atoms. The van der Waals surface area contributed by atoms with E-state index in [0.29, 0.717) is 18.2 Å². The second kappa shape index (κ2) is 5.64. The van der Waals surface area contributed by atoms with E-state index in [-0.39, 0.29) is 12.5 Å². The van der Waals surface area contributed by atoms with Crippen molar-refractivity contribution in [1.29, 1.82) is 0 Å². The molecule has 6 heteroatoms. The minimum Gasteiger partial charge on any atom is -0.381 e. The smallest absolute Gasteiger partial charge is 0.151 e. The summed E-state index contributed by atoms with van der Waals surface area (Å²) in [5.41, 5.74) is 6.32. The topological polar surface area (TPSA) is 69.4 Å². The van der Waals surface area contributed by atoms with Gasteiger partial charge in [-0.25, -0.2) is 8.42 Å². The summed E-state index contributed by atoms with van der Waals surface area (Å²) in [5.74, 6) is -0.119. The highest BCUT2D eigenvalue weighted by atomic mass is 35.5. The van der Waals surface area contributed by atoms with Gasteiger partial charge in [-0.1, -0.05) is 23.7 Å². The highest BCUT2D eigenvalue weighted by molar-refractivity contribution is 7.91. The summed E-state index contributed by atoms with van der Waals surface area (Å²) in [4.78, 5) is 0. The van der Waals surface area contributed by atoms with E-state index >= 15 is 0 Å². The number of hydrogen-bond donors (Lipinski definition) is 1. The predicted molar refractivity (Wildman–Crippen MR) is 80.8 cm³/mol. The summed E-state index contributed by atoms with van der Waals surface area (Å²) >= 11 is 5.88. The fraction of sp³-hybridized carbons (Fsp3) is 0.571. The lowest BCUT2D eigenvalue weighted by atomic mass is 10.00. The molecule has 1 aromatic carbocycles. The third kappa shape index (κ3) is 2.72. The molecule has 3 atom stereocenters. The fourth-order valence-corrected chi connectivity index (χ4v) is 5.20. The molecule has 1 aromatic rings. The van der Waals surface area contributed by atoms with Gasteiger partial charge in [0.05, 0.1) is 11.9 Å². The highest BCUT2D eigenvalue weighted by Crippen LogP contribution is 2.62. The molecule has 2 N–H and O–H groups in total. The highest BCUT2D eigenvalue weighted by Gasteiger charge is 2.69. The second-order valence-corrected chi connectivity index (χ2v) is 7.96. The second-order valence-electron chi connectivity index (χ2n) is 5.35. The first kappa shape index (κ1) is 15.8. The zero-order chi connectivity index (χ0) is 15.0. The van der Waals surface area contributed by atoms with Gasteiger partial charge >= 0.3 is 0 Å². The van der Waals surface area contributed by atoms with Crippen molar-refractivity contribution >= 4 is 21.4 Å². The molecule has 0 spiro atoms. The molecule has 0 amide bonds. The first-order chi connectivity index (χ1) is 9.36. The van der Waals surface area contributed by atoms with Crippen LogP contribution < -0.4 is 5.73 Å². The first-order valence-corrected chi connectivity index (χ1v) is 8.92. The number of rotatable bonds is 6. The molecular formula is C14H20ClNO3S. The zero-order valence-corrected chi connectivity index (χ0v) is 13.2. The quantitative estimate of drug-likeness (QED) is 0.869. The molecule has 1 fully saturated rings. The van der Waals surface area contributed by atoms with Crippen molar-refractivity contribution in [3.05, 3.63) is 34.9 Å². The van der Waals surface area contributed by atoms with Crippen LogP contribution in [0.15, 0.2) is 24.3 Å². The Bertz CT molecular complexity index is 573. The van der Waals surface area contributed by atoms with Crippen LogP contribution in [-0.4, -0.2) is 39.7 Å². The summed E-state index contributed by atoms with van der Waals surface area (Å²) < 4.78 is 29.6. The molecule has 1 saturated carbocycles. The number of halogens is 1. The largest absolute Gasteiger partial charge is 0.381 e. The third-order valence-electron chi connectivity index (χ3n) is 4.02. The lowest BCUT2D eigenvalue weighted by Gasteiger charge is -2.15. The molecule has 112 valence electrons. The van der Waals surface area contributed by atoms with Gasteiger partial charge in [-0.15, -0.1) is 0 Å². The Balaban J connectivity index is 2.36. The van der Waals surface area contributed by atoms with Gasteiger partial charge in [0.2, 0.25) is 0 Å². The monoisotopic (exact) mass is 317 g/mol. The minimum absolute atomic E-state index is 0.119. The van der Waals surface area contributed by atoms with Crippen LogP contribution in [0.3, 0.4) is 0 Å². The summed E-state index contributed by atoms with van der Waals surface area (Å²) in [5, 5.41) is 0.154. The van der Waals surface area contributed by atoms with Crippen molar-refractivity contribution < 1.29 is 13.2 Å². The summed E-state index contributed by atoms with van der Waals surface area (Å²) in [6, 6.07) is 7.29. The van der Waals surface area contributed by atoms with Crippen molar-refractivity contribution in [2.45, 2.75) is 18.1 Å². The van der Waals surface area contributed by atoms with Gasteiger partial charge < -0.3 is 10.5 Å². The molecule has 0 unspecified atom stereocenters. The molecule has 1 aliphatic rings. The Morgan fingerprint density at radius 2 is 1.95 bits per heavy atom. The average molecular weight is 318 g/mol. The van der Waals surface area contributed by atoms with E-state index in [1.165, 1.54) is 6.26 Å². The van der Waals surface area contributed by atoms with Crippen molar-refractivity contribution in [3.8, 4) is 0 Å². The van der Waals surface area contributed by atoms with Gasteiger partial charge in [-0.3, -0.25) is 0 Å². The van der Waals surface area contributed by atoms with E-state index < -0.39 is 20.5 Å². The Kier molecular flexibility index (Phi) is 4.44. The van der Waals surface area contributed by atoms with Crippen molar-refractivity contribution in [2.24, 2.45) is 11.1 Å². The molecule has 0 radical (unpaired) electrons. The van der Waals surface area contributed by atoms with E-state index in [4.69, 9.17) is 22.1 Å². The van der Waals surface area contributed by atoms with E-state index in [2.05, 4.69) is 0 Å². The lowest BCUT2D eigenvalue weighted by Crippen LogP contribution is -2.28. The molecule has 20 heavy (non-hydrogen) atoms. The van der Waals surface area contributed by atoms with Gasteiger partial charge in [0, 0.05) is 35.8 Å². The van der Waals surface area contributed by atoms with Gasteiger partial charge in [0.1, 0.15) is 0 Å². The van der Waals surface area contributed by atoms with Crippen LogP contribution in [0.5, 0.6) is 0 Å². The molecule has 0 saturated heterocycles. The number of sulfone groups is 1. The van der Waals surface area contributed by atoms with E-state index in [1.54, 1.807) is 12.1 Å². The van der Waals surface area contributed by atoms with E-state index in [0.717, 1.165) is 5.56 Å². The number of ether oxygens (including phenoxy) is 1. The van der Waals surface area contributed by atoms with Crippen LogP contribution in [0.4, 0.5) is 0 Å². The summed E-state index contributed by atoms with van der Waals surface area (Å²) in [6.07, 6.45) is 1.27. The number of benzene rings is 1. The van der Waals surface area contributed by atoms with Gasteiger partial charge in [-0.05, 0) is 24.6 Å². The van der Waals surface area contributed by atoms with Crippen LogP contribution in [0.2, 0.25) is 5.02 Å². The lowest BCUT2D eigenvalue weighted by molar-refractivity contribution is 0.101. The molecule has 2 rings (SSSR count). The molecule has 1 aliphatic carbocycles. The zero-order valence-electron chi connectivity index (χ0n) is 11.7. The maximum Gasteiger partial charge on any atom is 0.151 e. The maximum absolute atomic E-state index is 12.0. The summed E-state index contributed by atoms with van der Waals surface area (Å²) in [7, 11) is -3.18. The Morgan fingerprint density at radius 3 is 2.40 bits per heavy atom. The van der Waals surface area contributed by atoms with Crippen LogP contribution in [-0.2, 0) is 14.6 Å². The Labute approximate surface area is 125 Å². The van der Waals surface area contributed by atoms with Crippen LogP contribution in [0, 0.1) is 5.41 Å². The van der Waals surface area contributed by atoms with Crippen molar-refractivity contribution in [1.82, 2.24) is 0 Å². The van der Waals surface area contributed by atoms with Gasteiger partial charge in [-0.2, -0.15) is 0 Å². The Morgan fingerprint density at radius 1 is 1.35 bits per heavy atom. The predicted octanol–water partition coefficient (Wildman–Crippen LogP) is 1.83. The summed E-state index contributed by atoms with van der Waals surface area (Å²) in [6.45, 7) is 3.09. The van der Waals surface area contributed by atoms with Crippen molar-refractivity contribution in [2.75, 3.05) is 26.0 Å². The molecule has 0 aliphatic heterocycles. The SMILES string of the molecule is CCOC[C@]1(CN)[C@@H](c2ccc(Cl)cc2)[C@@H]1S(C)(=O)=O. The molecule has 0 heterocycles. The van der Waals surface area contributed by atoms with E-state index in [9.17, 15) is 8.42 Å². The maximum atomic E-state index is 12.0. The standard InChI is InChI=1S/C14H20ClNO3S/c1-3-19-9-14(8-16)12(13(14)20(2,17)18)10-4-6-11(15)7-5-10/h4-7,12-13H,3,8-9,16H2,1-2H3/t12-,13-,14+/m0/s1. The first-order valence-electron chi connectivity index (χ1n) is 6.59. The van der Waals surface area contributed by atoms with Crippen molar-refractivity contribution in [3.63, 3.8) is 0 Å². The third-order valence-corrected chi connectivity index (χ3v) is 5.94. The average Bonchev–Trinajstić information content (AvgIpc) is 3.07. The normalized spacial score (nSPS) is 29.4. The fourth-order valence-electron chi connectivity index (χ4n) is 3.07. The van der Waals surface area contributed by atoms with Crippen LogP contribution in [0.25, 0.3) is 0 Å². The molecule has 0 aromatic heterocycles. The minimum atomic E-state index is -3.18. The molecular weight excluding hydrogens is 298 g/mol. The molecule has 4 nitrogen and oxygen atoms in total. The number of hydrogen-bond acceptors (Lipinski definition) is 4. The van der Waals surface area contributed by atoms with Crippen LogP contribution >= 0.6 is 11.6 Å². The van der Waals surface area contributed by atoms with Gasteiger partial charge in [0.25, 0.3) is 0 Å². The number of nitrogens with two attached hydrogens (primary N) is 1. The van der Waals surface area contributed by atoms with E-state index in [1.807, 2.05) is 19.1 Å². The van der Waals surface area contributed by atoms with Gasteiger partial charge in [0.15, 0.2) is 9.84 Å². The Hall–Kier alpha value is -0.620. The van der Waals surface area contributed by atoms with Crippen LogP contribution in [0.1, 0.15) is 18.4 Å².